The molecular formula is C7H14N2. The number of hydrogen-bond donors (Lipinski definition) is 2. The van der Waals surface area contributed by atoms with Crippen molar-refractivity contribution in [1.29, 1.82) is 0 Å². The lowest BCUT2D eigenvalue weighted by Crippen LogP contribution is -2.05. The fraction of sp³-hybridized carbons (Fsp3) is 0.429. The highest BCUT2D eigenvalue weighted by Crippen LogP contribution is 1.90. The summed E-state index contributed by atoms with van der Waals surface area (Å²) in [6.45, 7) is 4.01. The molecule has 0 heterocycles. The molecule has 0 bridgehead atoms. The zero-order valence-corrected chi connectivity index (χ0v) is 6.02. The quantitative estimate of drug-likeness (QED) is 0.598. The van der Waals surface area contributed by atoms with E-state index in [9.17, 15) is 0 Å². The smallest absolute Gasteiger partial charge is 0.0301 e. The van der Waals surface area contributed by atoms with Crippen LogP contribution in [0.4, 0.5) is 0 Å². The first-order valence-electron chi connectivity index (χ1n) is 3.13. The van der Waals surface area contributed by atoms with Crippen molar-refractivity contribution >= 4 is 0 Å². The van der Waals surface area contributed by atoms with Gasteiger partial charge in [0.25, 0.3) is 0 Å². The van der Waals surface area contributed by atoms with Crippen LogP contribution >= 0.6 is 0 Å². The van der Waals surface area contributed by atoms with Crippen molar-refractivity contribution in [1.82, 2.24) is 5.32 Å². The Morgan fingerprint density at radius 1 is 1.67 bits per heavy atom. The molecule has 3 N–H and O–H groups in total. The van der Waals surface area contributed by atoms with E-state index in [2.05, 4.69) is 12.2 Å². The summed E-state index contributed by atoms with van der Waals surface area (Å²) >= 11 is 0. The Bertz CT molecular complexity index is 114. The minimum Gasteiger partial charge on any atom is -0.403 e. The largest absolute Gasteiger partial charge is 0.403 e. The minimum atomic E-state index is 0.945. The maximum absolute atomic E-state index is 5.27. The molecular weight excluding hydrogens is 112 g/mol. The Labute approximate surface area is 56.4 Å². The van der Waals surface area contributed by atoms with Gasteiger partial charge in [0.1, 0.15) is 0 Å². The normalized spacial score (nSPS) is 12.4. The summed E-state index contributed by atoms with van der Waals surface area (Å²) in [5.41, 5.74) is 6.31. The number of nitrogens with one attached hydrogen (secondary N) is 1. The highest BCUT2D eigenvalue weighted by atomic mass is 14.9. The molecule has 0 saturated carbocycles. The van der Waals surface area contributed by atoms with Crippen molar-refractivity contribution in [3.8, 4) is 0 Å². The fourth-order valence-electron chi connectivity index (χ4n) is 0.458. The predicted molar refractivity (Wildman–Crippen MR) is 40.5 cm³/mol. The topological polar surface area (TPSA) is 38.0 Å². The first kappa shape index (κ1) is 8.08. The van der Waals surface area contributed by atoms with Crippen LogP contribution in [0.15, 0.2) is 24.2 Å². The number of rotatable bonds is 3. The number of allylic oxidation sites excluding steroid dienone is 2. The molecule has 0 rings (SSSR count). The van der Waals surface area contributed by atoms with E-state index in [-0.39, 0.29) is 0 Å². The summed E-state index contributed by atoms with van der Waals surface area (Å²) in [5.74, 6) is 0. The summed E-state index contributed by atoms with van der Waals surface area (Å²) in [6.07, 6.45) is 6.32. The van der Waals surface area contributed by atoms with Crippen molar-refractivity contribution in [2.24, 2.45) is 5.73 Å². The van der Waals surface area contributed by atoms with Crippen LogP contribution in [0, 0.1) is 0 Å². The minimum absolute atomic E-state index is 0.945. The molecule has 2 nitrogen and oxygen atoms in total. The summed E-state index contributed by atoms with van der Waals surface area (Å²) < 4.78 is 0. The molecule has 0 amide bonds. The van der Waals surface area contributed by atoms with Gasteiger partial charge in [0.05, 0.1) is 0 Å². The summed E-state index contributed by atoms with van der Waals surface area (Å²) in [7, 11) is 0. The van der Waals surface area contributed by atoms with Gasteiger partial charge in [-0.3, -0.25) is 0 Å². The van der Waals surface area contributed by atoms with E-state index in [0.717, 1.165) is 12.1 Å². The van der Waals surface area contributed by atoms with Gasteiger partial charge < -0.3 is 11.1 Å². The standard InChI is InChI=1S/C7H14N2/c1-3-5-9-7(4-2)6-8/h3,5-6,9H,4,8H2,1-2H3/b5-3-,7-6-. The molecule has 52 valence electrons. The molecule has 0 spiro atoms. The average molecular weight is 126 g/mol. The third-order valence-corrected chi connectivity index (χ3v) is 1.02. The summed E-state index contributed by atoms with van der Waals surface area (Å²) in [6, 6.07) is 0. The molecule has 0 aliphatic rings. The predicted octanol–water partition coefficient (Wildman–Crippen LogP) is 1.32. The number of hydrogen-bond acceptors (Lipinski definition) is 2. The van der Waals surface area contributed by atoms with Gasteiger partial charge in [-0.2, -0.15) is 0 Å². The second kappa shape index (κ2) is 5.22. The van der Waals surface area contributed by atoms with Crippen molar-refractivity contribution < 1.29 is 0 Å². The molecule has 9 heavy (non-hydrogen) atoms. The Balaban J connectivity index is 3.58. The van der Waals surface area contributed by atoms with Crippen LogP contribution in [-0.4, -0.2) is 0 Å². The first-order valence-corrected chi connectivity index (χ1v) is 3.13. The van der Waals surface area contributed by atoms with Gasteiger partial charge in [-0.15, -0.1) is 0 Å². The third-order valence-electron chi connectivity index (χ3n) is 1.02. The fourth-order valence-corrected chi connectivity index (χ4v) is 0.458. The molecule has 2 heteroatoms. The van der Waals surface area contributed by atoms with E-state index >= 15 is 0 Å². The summed E-state index contributed by atoms with van der Waals surface area (Å²) in [4.78, 5) is 0. The van der Waals surface area contributed by atoms with E-state index in [1.165, 1.54) is 0 Å². The second-order valence-corrected chi connectivity index (χ2v) is 1.69. The van der Waals surface area contributed by atoms with E-state index in [0.29, 0.717) is 0 Å². The Morgan fingerprint density at radius 2 is 2.33 bits per heavy atom. The molecule has 0 aromatic carbocycles. The second-order valence-electron chi connectivity index (χ2n) is 1.69. The Kier molecular flexibility index (Phi) is 4.69. The van der Waals surface area contributed by atoms with Crippen molar-refractivity contribution in [2.75, 3.05) is 0 Å². The molecule has 0 saturated heterocycles. The van der Waals surface area contributed by atoms with Crippen LogP contribution in [0.5, 0.6) is 0 Å². The highest BCUT2D eigenvalue weighted by molar-refractivity contribution is 4.99. The first-order chi connectivity index (χ1) is 4.35. The summed E-state index contributed by atoms with van der Waals surface area (Å²) in [5, 5.41) is 3.02. The van der Waals surface area contributed by atoms with Gasteiger partial charge in [-0.05, 0) is 19.5 Å². The molecule has 0 atom stereocenters. The SMILES string of the molecule is C/C=C\N/C(=C\N)CC. The molecule has 0 radical (unpaired) electrons. The van der Waals surface area contributed by atoms with Crippen LogP contribution < -0.4 is 11.1 Å². The lowest BCUT2D eigenvalue weighted by molar-refractivity contribution is 0.934. The monoisotopic (exact) mass is 126 g/mol. The zero-order valence-electron chi connectivity index (χ0n) is 6.02. The molecule has 0 aromatic heterocycles. The van der Waals surface area contributed by atoms with Gasteiger partial charge in [-0.25, -0.2) is 0 Å². The van der Waals surface area contributed by atoms with Crippen LogP contribution in [0.25, 0.3) is 0 Å². The van der Waals surface area contributed by atoms with Crippen molar-refractivity contribution in [3.63, 3.8) is 0 Å². The van der Waals surface area contributed by atoms with Crippen LogP contribution in [0.1, 0.15) is 20.3 Å². The molecule has 0 aromatic rings. The lowest BCUT2D eigenvalue weighted by Gasteiger charge is -1.99. The lowest BCUT2D eigenvalue weighted by atomic mass is 10.4. The van der Waals surface area contributed by atoms with Crippen LogP contribution in [0.3, 0.4) is 0 Å². The van der Waals surface area contributed by atoms with Crippen LogP contribution in [0.2, 0.25) is 0 Å². The van der Waals surface area contributed by atoms with E-state index < -0.39 is 0 Å². The van der Waals surface area contributed by atoms with Crippen molar-refractivity contribution in [3.05, 3.63) is 24.2 Å². The third kappa shape index (κ3) is 3.64. The Hall–Kier alpha value is -0.920. The van der Waals surface area contributed by atoms with Gasteiger partial charge >= 0.3 is 0 Å². The Morgan fingerprint density at radius 3 is 2.67 bits per heavy atom. The maximum atomic E-state index is 5.27. The van der Waals surface area contributed by atoms with E-state index in [1.807, 2.05) is 19.2 Å². The molecule has 0 aliphatic carbocycles. The average Bonchev–Trinajstić information content (AvgIpc) is 1.91. The van der Waals surface area contributed by atoms with Crippen LogP contribution in [-0.2, 0) is 0 Å². The van der Waals surface area contributed by atoms with Gasteiger partial charge in [-0.1, -0.05) is 13.0 Å². The zero-order chi connectivity index (χ0) is 7.11. The van der Waals surface area contributed by atoms with Gasteiger partial charge in [0, 0.05) is 11.9 Å². The maximum Gasteiger partial charge on any atom is 0.0301 e. The molecule has 0 unspecified atom stereocenters. The molecule has 0 fully saturated rings. The van der Waals surface area contributed by atoms with E-state index in [1.54, 1.807) is 6.20 Å². The van der Waals surface area contributed by atoms with Gasteiger partial charge in [0.15, 0.2) is 0 Å². The van der Waals surface area contributed by atoms with Gasteiger partial charge in [0.2, 0.25) is 0 Å². The van der Waals surface area contributed by atoms with E-state index in [4.69, 9.17) is 5.73 Å². The van der Waals surface area contributed by atoms with Crippen molar-refractivity contribution in [2.45, 2.75) is 20.3 Å². The highest BCUT2D eigenvalue weighted by Gasteiger charge is 1.83. The molecule has 0 aliphatic heterocycles. The number of nitrogens with two attached hydrogens (primary N) is 1.